The number of amides is 1. The van der Waals surface area contributed by atoms with Gasteiger partial charge in [-0.25, -0.2) is 12.8 Å². The summed E-state index contributed by atoms with van der Waals surface area (Å²) in [6.07, 6.45) is 2.75. The Morgan fingerprint density at radius 2 is 1.74 bits per heavy atom. The highest BCUT2D eigenvalue weighted by atomic mass is 32.2. The van der Waals surface area contributed by atoms with Crippen LogP contribution in [0, 0.1) is 5.82 Å². The van der Waals surface area contributed by atoms with Gasteiger partial charge in [0, 0.05) is 18.7 Å². The van der Waals surface area contributed by atoms with Crippen molar-refractivity contribution in [2.45, 2.75) is 37.1 Å². The van der Waals surface area contributed by atoms with Crippen molar-refractivity contribution in [3.63, 3.8) is 0 Å². The summed E-state index contributed by atoms with van der Waals surface area (Å²) < 4.78 is 40.1. The summed E-state index contributed by atoms with van der Waals surface area (Å²) in [5.41, 5.74) is 1.05. The monoisotopic (exact) mass is 390 g/mol. The second-order valence-corrected chi connectivity index (χ2v) is 8.68. The van der Waals surface area contributed by atoms with Crippen molar-refractivity contribution in [2.75, 3.05) is 13.1 Å². The van der Waals surface area contributed by atoms with E-state index >= 15 is 0 Å². The third kappa shape index (κ3) is 4.54. The number of hydrogen-bond acceptors (Lipinski definition) is 3. The Labute approximate surface area is 159 Å². The number of rotatable bonds is 5. The van der Waals surface area contributed by atoms with Crippen LogP contribution in [-0.4, -0.2) is 31.7 Å². The maximum atomic E-state index is 13.0. The summed E-state index contributed by atoms with van der Waals surface area (Å²) in [6.45, 7) is 2.82. The lowest BCUT2D eigenvalue weighted by Crippen LogP contribution is -2.35. The van der Waals surface area contributed by atoms with Crippen molar-refractivity contribution < 1.29 is 17.6 Å². The molecule has 3 rings (SSSR count). The highest BCUT2D eigenvalue weighted by Gasteiger charge is 2.26. The number of hydrogen-bond donors (Lipinski definition) is 1. The summed E-state index contributed by atoms with van der Waals surface area (Å²) >= 11 is 0. The molecule has 0 radical (unpaired) electrons. The lowest BCUT2D eigenvalue weighted by Gasteiger charge is -2.26. The van der Waals surface area contributed by atoms with Crippen LogP contribution in [0.1, 0.15) is 48.1 Å². The van der Waals surface area contributed by atoms with E-state index in [2.05, 4.69) is 5.32 Å². The van der Waals surface area contributed by atoms with Gasteiger partial charge in [0.05, 0.1) is 10.9 Å². The molecule has 5 nitrogen and oxygen atoms in total. The van der Waals surface area contributed by atoms with Crippen LogP contribution in [0.4, 0.5) is 4.39 Å². The third-order valence-corrected chi connectivity index (χ3v) is 6.66. The van der Waals surface area contributed by atoms with E-state index in [9.17, 15) is 17.6 Å². The van der Waals surface area contributed by atoms with Gasteiger partial charge < -0.3 is 5.32 Å². The zero-order valence-corrected chi connectivity index (χ0v) is 16.0. The SMILES string of the molecule is C[C@@H](NC(=O)c1cccc(S(=O)(=O)N2CCCCC2)c1)c1ccc(F)cc1. The zero-order chi connectivity index (χ0) is 19.4. The van der Waals surface area contributed by atoms with Crippen LogP contribution in [0.3, 0.4) is 0 Å². The molecule has 1 aliphatic heterocycles. The summed E-state index contributed by atoms with van der Waals surface area (Å²) in [5, 5.41) is 2.82. The normalized spacial score (nSPS) is 16.7. The largest absolute Gasteiger partial charge is 0.346 e. The van der Waals surface area contributed by atoms with Gasteiger partial charge in [-0.3, -0.25) is 4.79 Å². The number of nitrogens with one attached hydrogen (secondary N) is 1. The van der Waals surface area contributed by atoms with Gasteiger partial charge in [-0.05, 0) is 55.7 Å². The predicted molar refractivity (Wildman–Crippen MR) is 101 cm³/mol. The minimum absolute atomic E-state index is 0.131. The van der Waals surface area contributed by atoms with Crippen LogP contribution in [0.5, 0.6) is 0 Å². The number of sulfonamides is 1. The zero-order valence-electron chi connectivity index (χ0n) is 15.2. The summed E-state index contributed by atoms with van der Waals surface area (Å²) in [5.74, 6) is -0.713. The second kappa shape index (κ2) is 8.19. The summed E-state index contributed by atoms with van der Waals surface area (Å²) in [7, 11) is -3.59. The number of carbonyl (C=O) groups excluding carboxylic acids is 1. The second-order valence-electron chi connectivity index (χ2n) is 6.74. The predicted octanol–water partition coefficient (Wildman–Crippen LogP) is 3.49. The van der Waals surface area contributed by atoms with Gasteiger partial charge in [0.15, 0.2) is 0 Å². The van der Waals surface area contributed by atoms with Gasteiger partial charge in [-0.2, -0.15) is 4.31 Å². The molecule has 27 heavy (non-hydrogen) atoms. The molecule has 0 aromatic heterocycles. The molecular formula is C20H23FN2O3S. The van der Waals surface area contributed by atoms with E-state index in [-0.39, 0.29) is 28.2 Å². The molecule has 1 fully saturated rings. The molecule has 7 heteroatoms. The molecule has 0 saturated carbocycles. The van der Waals surface area contributed by atoms with Crippen LogP contribution in [0.25, 0.3) is 0 Å². The number of carbonyl (C=O) groups is 1. The Morgan fingerprint density at radius 3 is 2.41 bits per heavy atom. The Balaban J connectivity index is 1.76. The fourth-order valence-corrected chi connectivity index (χ4v) is 4.73. The van der Waals surface area contributed by atoms with Gasteiger partial charge in [-0.15, -0.1) is 0 Å². The molecule has 1 amide bonds. The molecule has 1 aliphatic rings. The standard InChI is InChI=1S/C20H23FN2O3S/c1-15(16-8-10-18(21)11-9-16)22-20(24)17-6-5-7-19(14-17)27(25,26)23-12-3-2-4-13-23/h5-11,14-15H,2-4,12-13H2,1H3,(H,22,24)/t15-/m1/s1. The van der Waals surface area contributed by atoms with Crippen LogP contribution < -0.4 is 5.32 Å². The van der Waals surface area contributed by atoms with E-state index < -0.39 is 10.0 Å². The van der Waals surface area contributed by atoms with Crippen molar-refractivity contribution in [3.05, 3.63) is 65.5 Å². The molecule has 0 bridgehead atoms. The molecule has 2 aromatic carbocycles. The van der Waals surface area contributed by atoms with Crippen molar-refractivity contribution in [2.24, 2.45) is 0 Å². The fourth-order valence-electron chi connectivity index (χ4n) is 3.17. The number of nitrogens with zero attached hydrogens (tertiary/aromatic N) is 1. The van der Waals surface area contributed by atoms with Crippen LogP contribution in [0.15, 0.2) is 53.4 Å². The first-order valence-corrected chi connectivity index (χ1v) is 10.5. The molecule has 2 aromatic rings. The van der Waals surface area contributed by atoms with Crippen molar-refractivity contribution in [1.82, 2.24) is 9.62 Å². The van der Waals surface area contributed by atoms with Gasteiger partial charge in [0.2, 0.25) is 10.0 Å². The highest BCUT2D eigenvalue weighted by Crippen LogP contribution is 2.22. The van der Waals surface area contributed by atoms with Gasteiger partial charge in [0.25, 0.3) is 5.91 Å². The number of benzene rings is 2. The van der Waals surface area contributed by atoms with E-state index in [1.165, 1.54) is 28.6 Å². The Hall–Kier alpha value is -2.25. The lowest BCUT2D eigenvalue weighted by atomic mass is 10.1. The highest BCUT2D eigenvalue weighted by molar-refractivity contribution is 7.89. The topological polar surface area (TPSA) is 66.5 Å². The van der Waals surface area contributed by atoms with Crippen molar-refractivity contribution >= 4 is 15.9 Å². The van der Waals surface area contributed by atoms with E-state index in [4.69, 9.17) is 0 Å². The van der Waals surface area contributed by atoms with E-state index in [0.717, 1.165) is 24.8 Å². The smallest absolute Gasteiger partial charge is 0.251 e. The molecule has 1 heterocycles. The minimum atomic E-state index is -3.59. The van der Waals surface area contributed by atoms with Gasteiger partial charge in [0.1, 0.15) is 5.82 Å². The van der Waals surface area contributed by atoms with E-state index in [1.54, 1.807) is 31.2 Å². The van der Waals surface area contributed by atoms with Gasteiger partial charge in [-0.1, -0.05) is 24.6 Å². The molecule has 0 spiro atoms. The van der Waals surface area contributed by atoms with E-state index in [0.29, 0.717) is 13.1 Å². The average Bonchev–Trinajstić information content (AvgIpc) is 2.69. The Morgan fingerprint density at radius 1 is 1.07 bits per heavy atom. The van der Waals surface area contributed by atoms with Crippen LogP contribution in [0.2, 0.25) is 0 Å². The maximum Gasteiger partial charge on any atom is 0.251 e. The van der Waals surface area contributed by atoms with Crippen molar-refractivity contribution in [1.29, 1.82) is 0 Å². The van der Waals surface area contributed by atoms with Crippen LogP contribution in [-0.2, 0) is 10.0 Å². The maximum absolute atomic E-state index is 13.0. The lowest BCUT2D eigenvalue weighted by molar-refractivity contribution is 0.0939. The summed E-state index contributed by atoms with van der Waals surface area (Å²) in [4.78, 5) is 12.7. The molecule has 0 aliphatic carbocycles. The molecule has 0 unspecified atom stereocenters. The average molecular weight is 390 g/mol. The Kier molecular flexibility index (Phi) is 5.92. The molecule has 1 N–H and O–H groups in total. The van der Waals surface area contributed by atoms with Crippen molar-refractivity contribution in [3.8, 4) is 0 Å². The molecule has 1 saturated heterocycles. The molecular weight excluding hydrogens is 367 g/mol. The quantitative estimate of drug-likeness (QED) is 0.850. The first-order valence-electron chi connectivity index (χ1n) is 9.04. The number of halogens is 1. The first-order chi connectivity index (χ1) is 12.9. The van der Waals surface area contributed by atoms with Crippen LogP contribution >= 0.6 is 0 Å². The Bertz CT molecular complexity index is 907. The number of piperidine rings is 1. The van der Waals surface area contributed by atoms with Gasteiger partial charge >= 0.3 is 0 Å². The molecule has 144 valence electrons. The minimum Gasteiger partial charge on any atom is -0.346 e. The molecule has 1 atom stereocenters. The summed E-state index contributed by atoms with van der Waals surface area (Å²) in [6, 6.07) is 11.7. The fraction of sp³-hybridized carbons (Fsp3) is 0.350. The first kappa shape index (κ1) is 19.5. The van der Waals surface area contributed by atoms with E-state index in [1.807, 2.05) is 0 Å². The third-order valence-electron chi connectivity index (χ3n) is 4.77.